The van der Waals surface area contributed by atoms with Crippen LogP contribution in [0.2, 0.25) is 0 Å². The predicted molar refractivity (Wildman–Crippen MR) is 66.6 cm³/mol. The highest BCUT2D eigenvalue weighted by atomic mass is 79.9. The number of ether oxygens (including phenoxy) is 1. The van der Waals surface area contributed by atoms with Crippen molar-refractivity contribution in [1.82, 2.24) is 4.98 Å². The van der Waals surface area contributed by atoms with Gasteiger partial charge >= 0.3 is 0 Å². The van der Waals surface area contributed by atoms with Crippen LogP contribution >= 0.6 is 15.9 Å². The van der Waals surface area contributed by atoms with Crippen LogP contribution in [0.5, 0.6) is 0 Å². The first-order valence-electron chi connectivity index (χ1n) is 5.77. The molecule has 0 radical (unpaired) electrons. The van der Waals surface area contributed by atoms with Gasteiger partial charge in [0.1, 0.15) is 5.82 Å². The Hall–Kier alpha value is -0.610. The lowest BCUT2D eigenvalue weighted by Crippen LogP contribution is -2.30. The standard InChI is InChI=1S/C12H15BrN2O/c1-7-9(13)3-5-12(14-7)15-10-6-8-2-4-11(10)16-8/h3,5,8,10-11H,2,4,6H2,1H3,(H,14,15). The van der Waals surface area contributed by atoms with Crippen LogP contribution in [0, 0.1) is 6.92 Å². The highest BCUT2D eigenvalue weighted by molar-refractivity contribution is 9.10. The van der Waals surface area contributed by atoms with Gasteiger partial charge in [-0.2, -0.15) is 0 Å². The fraction of sp³-hybridized carbons (Fsp3) is 0.583. The summed E-state index contributed by atoms with van der Waals surface area (Å²) >= 11 is 3.46. The molecule has 16 heavy (non-hydrogen) atoms. The quantitative estimate of drug-likeness (QED) is 0.906. The number of halogens is 1. The van der Waals surface area contributed by atoms with Crippen LogP contribution in [0.1, 0.15) is 25.0 Å². The minimum absolute atomic E-state index is 0.399. The molecule has 2 bridgehead atoms. The monoisotopic (exact) mass is 282 g/mol. The van der Waals surface area contributed by atoms with E-state index in [1.807, 2.05) is 19.1 Å². The van der Waals surface area contributed by atoms with E-state index in [9.17, 15) is 0 Å². The molecule has 2 saturated heterocycles. The van der Waals surface area contributed by atoms with Gasteiger partial charge in [0, 0.05) is 4.47 Å². The SMILES string of the molecule is Cc1nc(NC2CC3CCC2O3)ccc1Br. The molecule has 0 aliphatic carbocycles. The number of hydrogen-bond donors (Lipinski definition) is 1. The second-order valence-corrected chi connectivity index (χ2v) is 5.48. The Bertz CT molecular complexity index is 410. The second-order valence-electron chi connectivity index (χ2n) is 4.62. The van der Waals surface area contributed by atoms with E-state index in [0.29, 0.717) is 18.2 Å². The molecule has 3 atom stereocenters. The number of anilines is 1. The minimum Gasteiger partial charge on any atom is -0.373 e. The van der Waals surface area contributed by atoms with E-state index in [0.717, 1.165) is 22.4 Å². The molecule has 2 fully saturated rings. The molecule has 0 spiro atoms. The Morgan fingerprint density at radius 3 is 2.94 bits per heavy atom. The van der Waals surface area contributed by atoms with E-state index < -0.39 is 0 Å². The predicted octanol–water partition coefficient (Wildman–Crippen LogP) is 2.88. The zero-order valence-electron chi connectivity index (χ0n) is 9.24. The normalized spacial score (nSPS) is 32.0. The summed E-state index contributed by atoms with van der Waals surface area (Å²) in [7, 11) is 0. The lowest BCUT2D eigenvalue weighted by molar-refractivity contribution is 0.102. The molecule has 1 aromatic rings. The molecule has 2 aliphatic rings. The van der Waals surface area contributed by atoms with Crippen LogP contribution < -0.4 is 5.32 Å². The van der Waals surface area contributed by atoms with Gasteiger partial charge in [-0.3, -0.25) is 0 Å². The molecule has 3 heterocycles. The maximum absolute atomic E-state index is 5.81. The van der Waals surface area contributed by atoms with Gasteiger partial charge in [0.15, 0.2) is 0 Å². The average molecular weight is 283 g/mol. The summed E-state index contributed by atoms with van der Waals surface area (Å²) in [5.41, 5.74) is 1.02. The average Bonchev–Trinajstić information content (AvgIpc) is 2.85. The number of rotatable bonds is 2. The van der Waals surface area contributed by atoms with Gasteiger partial charge in [-0.15, -0.1) is 0 Å². The summed E-state index contributed by atoms with van der Waals surface area (Å²) in [6.45, 7) is 2.01. The maximum atomic E-state index is 5.81. The summed E-state index contributed by atoms with van der Waals surface area (Å²) in [4.78, 5) is 4.51. The molecular formula is C12H15BrN2O. The lowest BCUT2D eigenvalue weighted by Gasteiger charge is -2.20. The third-order valence-corrected chi connectivity index (χ3v) is 4.30. The zero-order chi connectivity index (χ0) is 11.1. The Morgan fingerprint density at radius 2 is 2.31 bits per heavy atom. The van der Waals surface area contributed by atoms with Gasteiger partial charge in [0.05, 0.1) is 23.9 Å². The maximum Gasteiger partial charge on any atom is 0.126 e. The first-order valence-corrected chi connectivity index (χ1v) is 6.57. The van der Waals surface area contributed by atoms with E-state index in [2.05, 4.69) is 26.2 Å². The van der Waals surface area contributed by atoms with Crippen LogP contribution in [0.3, 0.4) is 0 Å². The Kier molecular flexibility index (Phi) is 2.64. The largest absolute Gasteiger partial charge is 0.373 e. The van der Waals surface area contributed by atoms with Crippen LogP contribution in [0.25, 0.3) is 0 Å². The fourth-order valence-electron chi connectivity index (χ4n) is 2.60. The Balaban J connectivity index is 1.72. The van der Waals surface area contributed by atoms with Crippen LogP contribution in [-0.2, 0) is 4.74 Å². The number of aromatic nitrogens is 1. The van der Waals surface area contributed by atoms with E-state index in [1.54, 1.807) is 0 Å². The topological polar surface area (TPSA) is 34.2 Å². The Morgan fingerprint density at radius 1 is 1.44 bits per heavy atom. The van der Waals surface area contributed by atoms with E-state index in [-0.39, 0.29) is 0 Å². The lowest BCUT2D eigenvalue weighted by atomic mass is 9.95. The van der Waals surface area contributed by atoms with E-state index >= 15 is 0 Å². The summed E-state index contributed by atoms with van der Waals surface area (Å²) in [6, 6.07) is 4.51. The first-order chi connectivity index (χ1) is 7.72. The van der Waals surface area contributed by atoms with Gasteiger partial charge in [-0.05, 0) is 54.2 Å². The van der Waals surface area contributed by atoms with Crippen molar-refractivity contribution < 1.29 is 4.74 Å². The van der Waals surface area contributed by atoms with Crippen molar-refractivity contribution in [2.45, 2.75) is 44.4 Å². The molecule has 3 rings (SSSR count). The number of fused-ring (bicyclic) bond motifs is 2. The van der Waals surface area contributed by atoms with Gasteiger partial charge in [0.2, 0.25) is 0 Å². The third kappa shape index (κ3) is 1.84. The van der Waals surface area contributed by atoms with Gasteiger partial charge in [-0.25, -0.2) is 4.98 Å². The molecule has 0 amide bonds. The zero-order valence-corrected chi connectivity index (χ0v) is 10.8. The van der Waals surface area contributed by atoms with Crippen molar-refractivity contribution >= 4 is 21.7 Å². The Labute approximate surface area is 104 Å². The minimum atomic E-state index is 0.399. The highest BCUT2D eigenvalue weighted by Gasteiger charge is 2.40. The summed E-state index contributed by atoms with van der Waals surface area (Å²) in [5.74, 6) is 0.960. The molecule has 4 heteroatoms. The van der Waals surface area contributed by atoms with Crippen LogP contribution in [0.15, 0.2) is 16.6 Å². The smallest absolute Gasteiger partial charge is 0.126 e. The molecule has 0 saturated carbocycles. The van der Waals surface area contributed by atoms with Gasteiger partial charge in [-0.1, -0.05) is 0 Å². The number of nitrogens with zero attached hydrogens (tertiary/aromatic N) is 1. The highest BCUT2D eigenvalue weighted by Crippen LogP contribution is 2.35. The molecule has 3 nitrogen and oxygen atoms in total. The number of aryl methyl sites for hydroxylation is 1. The van der Waals surface area contributed by atoms with Gasteiger partial charge in [0.25, 0.3) is 0 Å². The third-order valence-electron chi connectivity index (χ3n) is 3.46. The second kappa shape index (κ2) is 4.00. The van der Waals surface area contributed by atoms with E-state index in [1.165, 1.54) is 12.8 Å². The van der Waals surface area contributed by atoms with Crippen LogP contribution in [0.4, 0.5) is 5.82 Å². The number of nitrogens with one attached hydrogen (secondary N) is 1. The van der Waals surface area contributed by atoms with Crippen molar-refractivity contribution in [3.05, 3.63) is 22.3 Å². The number of hydrogen-bond acceptors (Lipinski definition) is 3. The summed E-state index contributed by atoms with van der Waals surface area (Å²) in [6.07, 6.45) is 4.43. The van der Waals surface area contributed by atoms with Crippen molar-refractivity contribution in [3.63, 3.8) is 0 Å². The van der Waals surface area contributed by atoms with E-state index in [4.69, 9.17) is 4.74 Å². The summed E-state index contributed by atoms with van der Waals surface area (Å²) in [5, 5.41) is 3.48. The molecule has 1 N–H and O–H groups in total. The fourth-order valence-corrected chi connectivity index (χ4v) is 2.82. The van der Waals surface area contributed by atoms with Gasteiger partial charge < -0.3 is 10.1 Å². The molecule has 1 aromatic heterocycles. The molecular weight excluding hydrogens is 268 g/mol. The van der Waals surface area contributed by atoms with Crippen molar-refractivity contribution in [1.29, 1.82) is 0 Å². The van der Waals surface area contributed by atoms with Crippen molar-refractivity contribution in [2.75, 3.05) is 5.32 Å². The summed E-state index contributed by atoms with van der Waals surface area (Å²) < 4.78 is 6.87. The molecule has 2 aliphatic heterocycles. The number of pyridine rings is 1. The molecule has 86 valence electrons. The molecule has 0 aromatic carbocycles. The van der Waals surface area contributed by atoms with Crippen molar-refractivity contribution in [2.24, 2.45) is 0 Å². The molecule has 3 unspecified atom stereocenters. The van der Waals surface area contributed by atoms with Crippen molar-refractivity contribution in [3.8, 4) is 0 Å². The first kappa shape index (κ1) is 10.5. The van der Waals surface area contributed by atoms with Crippen LogP contribution in [-0.4, -0.2) is 23.2 Å².